The quantitative estimate of drug-likeness (QED) is 0.728. The molecule has 0 aromatic rings. The van der Waals surface area contributed by atoms with Crippen molar-refractivity contribution in [3.05, 3.63) is 0 Å². The second-order valence-electron chi connectivity index (χ2n) is 5.18. The summed E-state index contributed by atoms with van der Waals surface area (Å²) in [6.07, 6.45) is 3.82. The number of carbonyl (C=O) groups is 1. The molecule has 1 saturated heterocycles. The van der Waals surface area contributed by atoms with Crippen molar-refractivity contribution >= 4 is 5.91 Å². The van der Waals surface area contributed by atoms with Crippen LogP contribution >= 0.6 is 0 Å². The maximum atomic E-state index is 11.8. The number of piperidine rings is 1. The molecule has 0 radical (unpaired) electrons. The molecule has 0 saturated carbocycles. The molecular formula is C13H27N3O. The minimum Gasteiger partial charge on any atom is -0.352 e. The highest BCUT2D eigenvalue weighted by atomic mass is 16.1. The lowest BCUT2D eigenvalue weighted by atomic mass is 10.0. The Bertz CT molecular complexity index is 233. The first-order chi connectivity index (χ1) is 8.15. The molecule has 1 amide bonds. The number of amides is 1. The summed E-state index contributed by atoms with van der Waals surface area (Å²) in [5, 5.41) is 3.14. The molecule has 3 N–H and O–H groups in total. The number of hydrogen-bond acceptors (Lipinski definition) is 3. The largest absolute Gasteiger partial charge is 0.352 e. The van der Waals surface area contributed by atoms with Crippen LogP contribution in [-0.4, -0.2) is 43.0 Å². The van der Waals surface area contributed by atoms with Crippen molar-refractivity contribution in [3.63, 3.8) is 0 Å². The van der Waals surface area contributed by atoms with Crippen LogP contribution in [-0.2, 0) is 4.79 Å². The van der Waals surface area contributed by atoms with Crippen LogP contribution < -0.4 is 11.1 Å². The highest BCUT2D eigenvalue weighted by Crippen LogP contribution is 2.10. The summed E-state index contributed by atoms with van der Waals surface area (Å²) in [7, 11) is 0. The molecule has 1 rings (SSSR count). The van der Waals surface area contributed by atoms with Gasteiger partial charge in [0.25, 0.3) is 0 Å². The van der Waals surface area contributed by atoms with Crippen molar-refractivity contribution < 1.29 is 4.79 Å². The summed E-state index contributed by atoms with van der Waals surface area (Å²) >= 11 is 0. The van der Waals surface area contributed by atoms with Gasteiger partial charge < -0.3 is 16.0 Å². The van der Waals surface area contributed by atoms with E-state index >= 15 is 0 Å². The normalized spacial score (nSPS) is 23.4. The van der Waals surface area contributed by atoms with Crippen LogP contribution in [0.4, 0.5) is 0 Å². The number of likely N-dealkylation sites (tertiary alicyclic amines) is 1. The summed E-state index contributed by atoms with van der Waals surface area (Å²) in [6.45, 7) is 8.19. The topological polar surface area (TPSA) is 58.4 Å². The monoisotopic (exact) mass is 241 g/mol. The van der Waals surface area contributed by atoms with Gasteiger partial charge in [-0.05, 0) is 44.8 Å². The molecule has 100 valence electrons. The lowest BCUT2D eigenvalue weighted by molar-refractivity contribution is -0.122. The van der Waals surface area contributed by atoms with Gasteiger partial charge in [-0.15, -0.1) is 0 Å². The van der Waals surface area contributed by atoms with E-state index in [0.29, 0.717) is 24.9 Å². The minimum absolute atomic E-state index is 0.188. The van der Waals surface area contributed by atoms with E-state index in [-0.39, 0.29) is 5.91 Å². The van der Waals surface area contributed by atoms with Crippen LogP contribution in [0.1, 0.15) is 39.5 Å². The summed E-state index contributed by atoms with van der Waals surface area (Å²) in [6, 6.07) is 0.351. The highest BCUT2D eigenvalue weighted by molar-refractivity contribution is 5.76. The molecule has 0 bridgehead atoms. The molecule has 4 nitrogen and oxygen atoms in total. The zero-order chi connectivity index (χ0) is 12.7. The van der Waals surface area contributed by atoms with Gasteiger partial charge in [0.2, 0.25) is 5.91 Å². The van der Waals surface area contributed by atoms with E-state index in [0.717, 1.165) is 25.9 Å². The van der Waals surface area contributed by atoms with Gasteiger partial charge in [0.05, 0.1) is 0 Å². The lowest BCUT2D eigenvalue weighted by Gasteiger charge is -2.32. The first kappa shape index (κ1) is 14.5. The molecule has 0 aromatic carbocycles. The first-order valence-corrected chi connectivity index (χ1v) is 6.87. The van der Waals surface area contributed by atoms with Crippen molar-refractivity contribution in [2.75, 3.05) is 26.2 Å². The van der Waals surface area contributed by atoms with Gasteiger partial charge in [-0.3, -0.25) is 4.79 Å². The zero-order valence-corrected chi connectivity index (χ0v) is 11.2. The fraction of sp³-hybridized carbons (Fsp3) is 0.923. The molecule has 1 heterocycles. The van der Waals surface area contributed by atoms with Gasteiger partial charge in [-0.25, -0.2) is 0 Å². The SMILES string of the molecule is CCN1CCCC(NC(=O)CCC(C)CN)C1. The van der Waals surface area contributed by atoms with Crippen molar-refractivity contribution in [3.8, 4) is 0 Å². The number of nitrogens with two attached hydrogens (primary N) is 1. The number of rotatable bonds is 6. The van der Waals surface area contributed by atoms with Gasteiger partial charge in [-0.1, -0.05) is 13.8 Å². The summed E-state index contributed by atoms with van der Waals surface area (Å²) in [5.74, 6) is 0.632. The average molecular weight is 241 g/mol. The third kappa shape index (κ3) is 5.50. The molecule has 1 aliphatic rings. The van der Waals surface area contributed by atoms with Crippen LogP contribution in [0.15, 0.2) is 0 Å². The molecule has 2 unspecified atom stereocenters. The fourth-order valence-electron chi connectivity index (χ4n) is 2.26. The van der Waals surface area contributed by atoms with Crippen molar-refractivity contribution in [2.24, 2.45) is 11.7 Å². The minimum atomic E-state index is 0.188. The average Bonchev–Trinajstić information content (AvgIpc) is 2.36. The Morgan fingerprint density at radius 2 is 2.35 bits per heavy atom. The van der Waals surface area contributed by atoms with E-state index in [9.17, 15) is 4.79 Å². The summed E-state index contributed by atoms with van der Waals surface area (Å²) < 4.78 is 0. The second-order valence-corrected chi connectivity index (χ2v) is 5.18. The lowest BCUT2D eigenvalue weighted by Crippen LogP contribution is -2.47. The van der Waals surface area contributed by atoms with Gasteiger partial charge >= 0.3 is 0 Å². The van der Waals surface area contributed by atoms with Gasteiger partial charge in [-0.2, -0.15) is 0 Å². The van der Waals surface area contributed by atoms with Crippen LogP contribution in [0.3, 0.4) is 0 Å². The Morgan fingerprint density at radius 3 is 3.00 bits per heavy atom. The Morgan fingerprint density at radius 1 is 1.59 bits per heavy atom. The Labute approximate surface area is 105 Å². The van der Waals surface area contributed by atoms with E-state index < -0.39 is 0 Å². The number of likely N-dealkylation sites (N-methyl/N-ethyl adjacent to an activating group) is 1. The first-order valence-electron chi connectivity index (χ1n) is 6.87. The number of hydrogen-bond donors (Lipinski definition) is 2. The molecule has 0 aromatic heterocycles. The molecule has 0 spiro atoms. The third-order valence-corrected chi connectivity index (χ3v) is 3.58. The standard InChI is InChI=1S/C13H27N3O/c1-3-16-8-4-5-12(10-16)15-13(17)7-6-11(2)9-14/h11-12H,3-10,14H2,1-2H3,(H,15,17). The van der Waals surface area contributed by atoms with Gasteiger partial charge in [0, 0.05) is 19.0 Å². The predicted octanol–water partition coefficient (Wildman–Crippen LogP) is 0.962. The molecule has 1 fully saturated rings. The van der Waals surface area contributed by atoms with E-state index in [2.05, 4.69) is 24.1 Å². The molecule has 17 heavy (non-hydrogen) atoms. The maximum absolute atomic E-state index is 11.8. The Hall–Kier alpha value is -0.610. The molecule has 2 atom stereocenters. The van der Waals surface area contributed by atoms with Crippen molar-refractivity contribution in [1.29, 1.82) is 0 Å². The zero-order valence-electron chi connectivity index (χ0n) is 11.2. The van der Waals surface area contributed by atoms with Gasteiger partial charge in [0.15, 0.2) is 0 Å². The van der Waals surface area contributed by atoms with Crippen LogP contribution in [0, 0.1) is 5.92 Å². The van der Waals surface area contributed by atoms with Crippen molar-refractivity contribution in [2.45, 2.75) is 45.6 Å². The van der Waals surface area contributed by atoms with Crippen LogP contribution in [0.2, 0.25) is 0 Å². The second kappa shape index (κ2) is 7.67. The van der Waals surface area contributed by atoms with E-state index in [1.165, 1.54) is 13.0 Å². The maximum Gasteiger partial charge on any atom is 0.220 e. The third-order valence-electron chi connectivity index (χ3n) is 3.58. The van der Waals surface area contributed by atoms with Crippen LogP contribution in [0.5, 0.6) is 0 Å². The fourth-order valence-corrected chi connectivity index (χ4v) is 2.26. The molecule has 4 heteroatoms. The number of nitrogens with one attached hydrogen (secondary N) is 1. The number of nitrogens with zero attached hydrogens (tertiary/aromatic N) is 1. The highest BCUT2D eigenvalue weighted by Gasteiger charge is 2.20. The Balaban J connectivity index is 2.21. The summed E-state index contributed by atoms with van der Waals surface area (Å²) in [5.41, 5.74) is 5.54. The van der Waals surface area contributed by atoms with E-state index in [1.807, 2.05) is 0 Å². The van der Waals surface area contributed by atoms with E-state index in [4.69, 9.17) is 5.73 Å². The van der Waals surface area contributed by atoms with Crippen LogP contribution in [0.25, 0.3) is 0 Å². The molecule has 0 aliphatic carbocycles. The van der Waals surface area contributed by atoms with E-state index in [1.54, 1.807) is 0 Å². The molecular weight excluding hydrogens is 214 g/mol. The smallest absolute Gasteiger partial charge is 0.220 e. The van der Waals surface area contributed by atoms with Crippen molar-refractivity contribution in [1.82, 2.24) is 10.2 Å². The summed E-state index contributed by atoms with van der Waals surface area (Å²) in [4.78, 5) is 14.2. The molecule has 1 aliphatic heterocycles. The predicted molar refractivity (Wildman–Crippen MR) is 70.7 cm³/mol. The number of carbonyl (C=O) groups excluding carboxylic acids is 1. The Kier molecular flexibility index (Phi) is 6.52. The van der Waals surface area contributed by atoms with Gasteiger partial charge in [0.1, 0.15) is 0 Å².